The molecule has 5 aliphatic rings. The maximum atomic E-state index is 13.6. The lowest BCUT2D eigenvalue weighted by Crippen LogP contribution is -2.67. The van der Waals surface area contributed by atoms with Gasteiger partial charge in [0.15, 0.2) is 0 Å². The average molecular weight is 653 g/mol. The van der Waals surface area contributed by atoms with Crippen LogP contribution in [-0.4, -0.2) is 40.4 Å². The van der Waals surface area contributed by atoms with Crippen LogP contribution in [0.1, 0.15) is 126 Å². The first-order valence-electron chi connectivity index (χ1n) is 17.4. The third-order valence-corrected chi connectivity index (χ3v) is 15.2. The number of esters is 1. The molecule has 5 saturated carbocycles. The molecule has 0 aromatic heterocycles. The van der Waals surface area contributed by atoms with Crippen LogP contribution in [-0.2, 0) is 19.1 Å². The lowest BCUT2D eigenvalue weighted by molar-refractivity contribution is -0.250. The van der Waals surface area contributed by atoms with E-state index < -0.39 is 47.3 Å². The van der Waals surface area contributed by atoms with Crippen molar-refractivity contribution in [2.24, 2.45) is 62.1 Å². The van der Waals surface area contributed by atoms with E-state index in [1.807, 2.05) is 0 Å². The van der Waals surface area contributed by atoms with E-state index in [0.29, 0.717) is 31.6 Å². The molecule has 0 unspecified atom stereocenters. The summed E-state index contributed by atoms with van der Waals surface area (Å²) in [6, 6.07) is 0. The zero-order chi connectivity index (χ0) is 34.5. The number of allylic oxidation sites excluding steroid dienone is 1. The quantitative estimate of drug-likeness (QED) is 0.210. The molecule has 0 amide bonds. The third kappa shape index (κ3) is 5.14. The average Bonchev–Trinajstić information content (AvgIpc) is 3.31. The number of carboxylic acids is 2. The summed E-state index contributed by atoms with van der Waals surface area (Å²) in [7, 11) is 0. The van der Waals surface area contributed by atoms with E-state index in [9.17, 15) is 37.8 Å². The molecule has 0 radical (unpaired) electrons. The second kappa shape index (κ2) is 11.0. The minimum absolute atomic E-state index is 0.0131. The first-order valence-corrected chi connectivity index (χ1v) is 17.4. The predicted molar refractivity (Wildman–Crippen MR) is 168 cm³/mol. The molecule has 9 heteroatoms. The Morgan fingerprint density at radius 1 is 0.804 bits per heavy atom. The number of halogens is 3. The second-order valence-electron chi connectivity index (χ2n) is 18.0. The van der Waals surface area contributed by atoms with Gasteiger partial charge in [-0.3, -0.25) is 14.4 Å². The number of fused-ring (bicyclic) bond motifs is 7. The summed E-state index contributed by atoms with van der Waals surface area (Å²) in [5.41, 5.74) is -2.77. The maximum Gasteiger partial charge on any atom is 0.392 e. The van der Waals surface area contributed by atoms with Crippen LogP contribution in [0, 0.1) is 62.1 Å². The number of aliphatic carboxylic acids is 2. The summed E-state index contributed by atoms with van der Waals surface area (Å²) < 4.78 is 46.8. The van der Waals surface area contributed by atoms with Crippen LogP contribution in [0.5, 0.6) is 0 Å². The predicted octanol–water partition coefficient (Wildman–Crippen LogP) is 9.07. The molecule has 46 heavy (non-hydrogen) atoms. The highest BCUT2D eigenvalue weighted by atomic mass is 19.4. The Morgan fingerprint density at radius 2 is 1.46 bits per heavy atom. The number of hydrogen-bond acceptors (Lipinski definition) is 4. The van der Waals surface area contributed by atoms with Gasteiger partial charge in [0.25, 0.3) is 0 Å². The minimum Gasteiger partial charge on any atom is -0.481 e. The molecule has 0 aromatic carbocycles. The Morgan fingerprint density at radius 3 is 2.04 bits per heavy atom. The Labute approximate surface area is 272 Å². The van der Waals surface area contributed by atoms with Crippen molar-refractivity contribution in [3.8, 4) is 0 Å². The third-order valence-electron chi connectivity index (χ3n) is 15.2. The SMILES string of the molecule is C=C(CC(F)(F)F)[C@@H]1CC[C@]2(C(=O)O)CC[C@]3(C)[C@H](CC[C@@H]4[C@@]5(C)CC[C@H](OC(=O)CC(C)(C)C(=O)O)C(C)(C)[C@@H]5CC[C@]43C)[C@@H]12. The van der Waals surface area contributed by atoms with Gasteiger partial charge < -0.3 is 14.9 Å². The molecule has 2 N–H and O–H groups in total. The minimum atomic E-state index is -4.37. The first kappa shape index (κ1) is 35.3. The molecule has 0 aliphatic heterocycles. The molecule has 260 valence electrons. The van der Waals surface area contributed by atoms with Crippen LogP contribution in [0.25, 0.3) is 0 Å². The van der Waals surface area contributed by atoms with E-state index in [-0.39, 0.29) is 57.5 Å². The van der Waals surface area contributed by atoms with Crippen molar-refractivity contribution in [3.05, 3.63) is 12.2 Å². The van der Waals surface area contributed by atoms with Gasteiger partial charge in [0.1, 0.15) is 6.10 Å². The molecular weight excluding hydrogens is 597 g/mol. The normalized spacial score (nSPS) is 43.3. The van der Waals surface area contributed by atoms with Gasteiger partial charge in [-0.2, -0.15) is 13.2 Å². The van der Waals surface area contributed by atoms with Crippen molar-refractivity contribution in [3.63, 3.8) is 0 Å². The zero-order valence-corrected chi connectivity index (χ0v) is 28.8. The molecule has 0 heterocycles. The van der Waals surface area contributed by atoms with Crippen LogP contribution in [0.2, 0.25) is 0 Å². The summed E-state index contributed by atoms with van der Waals surface area (Å²) in [6.45, 7) is 18.5. The van der Waals surface area contributed by atoms with Gasteiger partial charge in [-0.15, -0.1) is 0 Å². The van der Waals surface area contributed by atoms with Crippen LogP contribution in [0.4, 0.5) is 13.2 Å². The molecule has 0 bridgehead atoms. The molecule has 5 aliphatic carbocycles. The fourth-order valence-electron chi connectivity index (χ4n) is 12.6. The molecular formula is C37H55F3O6. The largest absolute Gasteiger partial charge is 0.481 e. The molecule has 5 rings (SSSR count). The van der Waals surface area contributed by atoms with Crippen LogP contribution < -0.4 is 0 Å². The lowest BCUT2D eigenvalue weighted by atomic mass is 9.32. The van der Waals surface area contributed by atoms with E-state index in [0.717, 1.165) is 38.5 Å². The van der Waals surface area contributed by atoms with Crippen molar-refractivity contribution in [1.29, 1.82) is 0 Å². The number of carboxylic acid groups (broad SMARTS) is 2. The summed E-state index contributed by atoms with van der Waals surface area (Å²) in [6.07, 6.45) is 1.32. The van der Waals surface area contributed by atoms with E-state index in [1.165, 1.54) is 13.8 Å². The summed E-state index contributed by atoms with van der Waals surface area (Å²) >= 11 is 0. The van der Waals surface area contributed by atoms with E-state index in [4.69, 9.17) is 4.74 Å². The van der Waals surface area contributed by atoms with Crippen LogP contribution in [0.15, 0.2) is 12.2 Å². The molecule has 6 nitrogen and oxygen atoms in total. The highest BCUT2D eigenvalue weighted by Crippen LogP contribution is 2.77. The van der Waals surface area contributed by atoms with Crippen molar-refractivity contribution in [2.75, 3.05) is 0 Å². The zero-order valence-electron chi connectivity index (χ0n) is 28.8. The van der Waals surface area contributed by atoms with Gasteiger partial charge in [0.05, 0.1) is 23.7 Å². The Hall–Kier alpha value is -2.06. The highest BCUT2D eigenvalue weighted by molar-refractivity contribution is 5.81. The summed E-state index contributed by atoms with van der Waals surface area (Å²) in [5, 5.41) is 20.1. The fraction of sp³-hybridized carbons (Fsp3) is 0.865. The second-order valence-corrected chi connectivity index (χ2v) is 18.0. The number of carbonyl (C=O) groups excluding carboxylic acids is 1. The highest BCUT2D eigenvalue weighted by Gasteiger charge is 2.72. The van der Waals surface area contributed by atoms with Gasteiger partial charge in [-0.1, -0.05) is 46.8 Å². The molecule has 0 aromatic rings. The van der Waals surface area contributed by atoms with Crippen LogP contribution in [0.3, 0.4) is 0 Å². The van der Waals surface area contributed by atoms with Crippen molar-refractivity contribution in [1.82, 2.24) is 0 Å². The summed E-state index contributed by atoms with van der Waals surface area (Å²) in [5.74, 6) is -2.53. The monoisotopic (exact) mass is 652 g/mol. The molecule has 0 saturated heterocycles. The van der Waals surface area contributed by atoms with E-state index in [1.54, 1.807) is 0 Å². The Bertz CT molecular complexity index is 1290. The number of hydrogen-bond donors (Lipinski definition) is 2. The van der Waals surface area contributed by atoms with Crippen molar-refractivity contribution < 1.29 is 42.5 Å². The van der Waals surface area contributed by atoms with Crippen molar-refractivity contribution >= 4 is 17.9 Å². The number of alkyl halides is 3. The standard InChI is InChI=1S/C37H55F3O6/c1-21(19-37(38,39)40)22-11-16-36(30(44)45)18-17-34(7)23(28(22)36)9-10-25-33(6)14-13-26(46-27(41)20-31(2,3)29(42)43)32(4,5)24(33)12-15-35(25,34)8/h22-26,28H,1,9-20H2,2-8H3,(H,42,43)(H,44,45)/t22-,23+,24-,25+,26-,28+,33-,34+,35+,36-/m0/s1. The summed E-state index contributed by atoms with van der Waals surface area (Å²) in [4.78, 5) is 37.5. The topological polar surface area (TPSA) is 101 Å². The van der Waals surface area contributed by atoms with Gasteiger partial charge in [0.2, 0.25) is 0 Å². The smallest absolute Gasteiger partial charge is 0.392 e. The molecule has 5 fully saturated rings. The number of rotatable bonds is 7. The molecule has 10 atom stereocenters. The fourth-order valence-corrected chi connectivity index (χ4v) is 12.6. The van der Waals surface area contributed by atoms with E-state index >= 15 is 0 Å². The van der Waals surface area contributed by atoms with Gasteiger partial charge in [0, 0.05) is 5.41 Å². The van der Waals surface area contributed by atoms with Gasteiger partial charge >= 0.3 is 24.1 Å². The van der Waals surface area contributed by atoms with Crippen molar-refractivity contribution in [2.45, 2.75) is 138 Å². The maximum absolute atomic E-state index is 13.6. The lowest BCUT2D eigenvalue weighted by Gasteiger charge is -2.72. The Balaban J connectivity index is 1.43. The van der Waals surface area contributed by atoms with Gasteiger partial charge in [-0.05, 0) is 124 Å². The van der Waals surface area contributed by atoms with Crippen LogP contribution >= 0.6 is 0 Å². The number of ether oxygens (including phenoxy) is 1. The van der Waals surface area contributed by atoms with E-state index in [2.05, 4.69) is 41.2 Å². The number of carbonyl (C=O) groups is 3. The van der Waals surface area contributed by atoms with Gasteiger partial charge in [-0.25, -0.2) is 0 Å². The Kier molecular flexibility index (Phi) is 8.41. The molecule has 0 spiro atoms. The first-order chi connectivity index (χ1) is 21.0.